The Labute approximate surface area is 94.5 Å². The molecule has 16 heavy (non-hydrogen) atoms. The highest BCUT2D eigenvalue weighted by atomic mass is 16.5. The van der Waals surface area contributed by atoms with E-state index in [1.54, 1.807) is 12.1 Å². The second-order valence-electron chi connectivity index (χ2n) is 3.49. The summed E-state index contributed by atoms with van der Waals surface area (Å²) in [5.41, 5.74) is 2.85. The normalized spacial score (nSPS) is 9.81. The van der Waals surface area contributed by atoms with Crippen LogP contribution in [0.4, 0.5) is 0 Å². The average molecular weight is 212 g/mol. The number of hydrogen-bond donors (Lipinski definition) is 0. The Kier molecular flexibility index (Phi) is 3.01. The first-order valence-electron chi connectivity index (χ1n) is 5.09. The minimum atomic E-state index is -0.286. The van der Waals surface area contributed by atoms with Gasteiger partial charge in [0.15, 0.2) is 0 Å². The molecule has 0 saturated carbocycles. The van der Waals surface area contributed by atoms with Gasteiger partial charge >= 0.3 is 5.97 Å². The summed E-state index contributed by atoms with van der Waals surface area (Å²) < 4.78 is 4.78. The van der Waals surface area contributed by atoms with Crippen molar-refractivity contribution in [3.05, 3.63) is 54.6 Å². The van der Waals surface area contributed by atoms with Crippen LogP contribution in [-0.2, 0) is 4.79 Å². The minimum Gasteiger partial charge on any atom is -0.427 e. The second-order valence-corrected chi connectivity index (χ2v) is 3.49. The van der Waals surface area contributed by atoms with Gasteiger partial charge in [0.05, 0.1) is 0 Å². The van der Waals surface area contributed by atoms with Crippen molar-refractivity contribution in [2.24, 2.45) is 0 Å². The molecule has 0 saturated heterocycles. The van der Waals surface area contributed by atoms with E-state index in [-0.39, 0.29) is 5.97 Å². The minimum absolute atomic E-state index is 0.286. The Morgan fingerprint density at radius 1 is 0.938 bits per heavy atom. The van der Waals surface area contributed by atoms with E-state index in [9.17, 15) is 4.79 Å². The van der Waals surface area contributed by atoms with E-state index in [1.807, 2.05) is 18.2 Å². The summed E-state index contributed by atoms with van der Waals surface area (Å²) in [5.74, 6) is 0.307. The third-order valence-corrected chi connectivity index (χ3v) is 2.12. The van der Waals surface area contributed by atoms with Crippen molar-refractivity contribution in [1.82, 2.24) is 0 Å². The highest BCUT2D eigenvalue weighted by Crippen LogP contribution is 2.32. The van der Waals surface area contributed by atoms with E-state index in [0.717, 1.165) is 0 Å². The zero-order valence-corrected chi connectivity index (χ0v) is 9.01. The van der Waals surface area contributed by atoms with Crippen molar-refractivity contribution in [2.75, 3.05) is 0 Å². The molecule has 0 unspecified atom stereocenters. The molecule has 0 N–H and O–H groups in total. The standard InChI is InChI=1S/C8H8O2.C6H4/c1-7(9)10-8-5-3-2-4-6-8;1-2-5-4-6(5)3-1/h2-6H,1H3;1-4H. The van der Waals surface area contributed by atoms with Crippen LogP contribution in [0.15, 0.2) is 54.6 Å². The van der Waals surface area contributed by atoms with Gasteiger partial charge in [-0.25, -0.2) is 0 Å². The molecule has 1 aromatic carbocycles. The van der Waals surface area contributed by atoms with Gasteiger partial charge in [0.1, 0.15) is 5.75 Å². The van der Waals surface area contributed by atoms with Crippen molar-refractivity contribution >= 4 is 5.97 Å². The number of fused-ring (bicyclic) bond motifs is 1. The van der Waals surface area contributed by atoms with Crippen LogP contribution in [0.1, 0.15) is 6.92 Å². The Morgan fingerprint density at radius 2 is 1.56 bits per heavy atom. The number of esters is 1. The summed E-state index contributed by atoms with van der Waals surface area (Å²) in [4.78, 5) is 10.4. The molecule has 0 atom stereocenters. The van der Waals surface area contributed by atoms with E-state index in [4.69, 9.17) is 4.74 Å². The summed E-state index contributed by atoms with van der Waals surface area (Å²) >= 11 is 0. The van der Waals surface area contributed by atoms with Crippen LogP contribution < -0.4 is 4.74 Å². The summed E-state index contributed by atoms with van der Waals surface area (Å²) in [6, 6.07) is 17.5. The van der Waals surface area contributed by atoms with Crippen LogP contribution in [0.2, 0.25) is 0 Å². The van der Waals surface area contributed by atoms with Gasteiger partial charge in [0.25, 0.3) is 0 Å². The lowest BCUT2D eigenvalue weighted by atomic mass is 10.3. The van der Waals surface area contributed by atoms with E-state index >= 15 is 0 Å². The fourth-order valence-corrected chi connectivity index (χ4v) is 1.33. The number of para-hydroxylation sites is 1. The lowest BCUT2D eigenvalue weighted by molar-refractivity contribution is -0.131. The van der Waals surface area contributed by atoms with E-state index in [1.165, 1.54) is 18.1 Å². The van der Waals surface area contributed by atoms with Crippen LogP contribution in [0, 0.1) is 0 Å². The molecule has 2 nitrogen and oxygen atoms in total. The van der Waals surface area contributed by atoms with Crippen LogP contribution in [0.5, 0.6) is 5.75 Å². The predicted molar refractivity (Wildman–Crippen MR) is 63.2 cm³/mol. The largest absolute Gasteiger partial charge is 0.427 e. The molecule has 0 radical (unpaired) electrons. The van der Waals surface area contributed by atoms with E-state index < -0.39 is 0 Å². The summed E-state index contributed by atoms with van der Waals surface area (Å²) in [7, 11) is 0. The lowest BCUT2D eigenvalue weighted by Crippen LogP contribution is -2.00. The molecule has 2 heteroatoms. The Morgan fingerprint density at radius 3 is 1.94 bits per heavy atom. The van der Waals surface area contributed by atoms with Gasteiger partial charge in [-0.2, -0.15) is 0 Å². The Balaban J connectivity index is 0.000000134. The monoisotopic (exact) mass is 212 g/mol. The van der Waals surface area contributed by atoms with Gasteiger partial charge in [-0.1, -0.05) is 36.4 Å². The van der Waals surface area contributed by atoms with Crippen molar-refractivity contribution < 1.29 is 9.53 Å². The maximum atomic E-state index is 10.4. The smallest absolute Gasteiger partial charge is 0.308 e. The van der Waals surface area contributed by atoms with Gasteiger partial charge in [0.2, 0.25) is 0 Å². The summed E-state index contributed by atoms with van der Waals surface area (Å²) in [5, 5.41) is 0. The van der Waals surface area contributed by atoms with Gasteiger partial charge < -0.3 is 4.74 Å². The van der Waals surface area contributed by atoms with Crippen LogP contribution >= 0.6 is 0 Å². The number of carbonyl (C=O) groups excluding carboxylic acids is 1. The Hall–Kier alpha value is -2.09. The van der Waals surface area contributed by atoms with Crippen molar-refractivity contribution in [3.8, 4) is 16.9 Å². The number of benzene rings is 2. The summed E-state index contributed by atoms with van der Waals surface area (Å²) in [6.45, 7) is 1.38. The molecule has 2 aliphatic rings. The molecule has 0 aromatic heterocycles. The van der Waals surface area contributed by atoms with Crippen molar-refractivity contribution in [2.45, 2.75) is 6.92 Å². The zero-order valence-electron chi connectivity index (χ0n) is 9.01. The third-order valence-electron chi connectivity index (χ3n) is 2.12. The summed E-state index contributed by atoms with van der Waals surface area (Å²) in [6.07, 6.45) is 0. The van der Waals surface area contributed by atoms with Crippen LogP contribution in [-0.4, -0.2) is 5.97 Å². The molecule has 0 spiro atoms. The van der Waals surface area contributed by atoms with Crippen LogP contribution in [0.3, 0.4) is 0 Å². The molecule has 80 valence electrons. The first-order valence-corrected chi connectivity index (χ1v) is 5.09. The molecular formula is C14H12O2. The zero-order chi connectivity index (χ0) is 11.4. The first kappa shape index (κ1) is 10.4. The quantitative estimate of drug-likeness (QED) is 0.457. The molecule has 1 aromatic rings. The molecule has 0 fully saturated rings. The predicted octanol–water partition coefficient (Wildman–Crippen LogP) is 3.28. The molecule has 3 rings (SSSR count). The molecule has 0 amide bonds. The van der Waals surface area contributed by atoms with Crippen molar-refractivity contribution in [3.63, 3.8) is 0 Å². The lowest BCUT2D eigenvalue weighted by Gasteiger charge is -1.97. The molecule has 0 heterocycles. The van der Waals surface area contributed by atoms with Gasteiger partial charge in [-0.05, 0) is 29.3 Å². The van der Waals surface area contributed by atoms with Gasteiger partial charge in [-0.15, -0.1) is 0 Å². The third kappa shape index (κ3) is 2.95. The number of ether oxygens (including phenoxy) is 1. The fraction of sp³-hybridized carbons (Fsp3) is 0.0714. The number of carbonyl (C=O) groups is 1. The molecule has 0 aliphatic heterocycles. The first-order chi connectivity index (χ1) is 7.75. The SMILES string of the molecule is CC(=O)Oc1ccccc1.c1cc2cc-2c1. The fourth-order valence-electron chi connectivity index (χ4n) is 1.33. The van der Waals surface area contributed by atoms with E-state index in [2.05, 4.69) is 24.3 Å². The highest BCUT2D eigenvalue weighted by Gasteiger charge is 2.06. The number of rotatable bonds is 1. The average Bonchev–Trinajstić information content (AvgIpc) is 2.87. The van der Waals surface area contributed by atoms with E-state index in [0.29, 0.717) is 5.75 Å². The maximum Gasteiger partial charge on any atom is 0.308 e. The van der Waals surface area contributed by atoms with Gasteiger partial charge in [0, 0.05) is 6.92 Å². The van der Waals surface area contributed by atoms with Gasteiger partial charge in [-0.3, -0.25) is 4.79 Å². The molecule has 0 bridgehead atoms. The topological polar surface area (TPSA) is 26.3 Å². The van der Waals surface area contributed by atoms with Crippen molar-refractivity contribution in [1.29, 1.82) is 0 Å². The molecular weight excluding hydrogens is 200 g/mol. The molecule has 2 aliphatic carbocycles. The Bertz CT molecular complexity index is 472. The highest BCUT2D eigenvalue weighted by molar-refractivity contribution is 5.80. The maximum absolute atomic E-state index is 10.4. The number of hydrogen-bond acceptors (Lipinski definition) is 2. The second kappa shape index (κ2) is 4.62. The van der Waals surface area contributed by atoms with Crippen LogP contribution in [0.25, 0.3) is 11.1 Å².